The van der Waals surface area contributed by atoms with E-state index in [1.165, 1.54) is 29.5 Å². The van der Waals surface area contributed by atoms with Gasteiger partial charge < -0.3 is 4.90 Å². The van der Waals surface area contributed by atoms with Crippen molar-refractivity contribution in [2.75, 3.05) is 13.1 Å². The summed E-state index contributed by atoms with van der Waals surface area (Å²) in [7, 11) is 0. The lowest BCUT2D eigenvalue weighted by atomic mass is 9.90. The van der Waals surface area contributed by atoms with Crippen molar-refractivity contribution in [3.63, 3.8) is 0 Å². The molecule has 1 aliphatic carbocycles. The van der Waals surface area contributed by atoms with Crippen LogP contribution >= 0.6 is 0 Å². The van der Waals surface area contributed by atoms with Crippen LogP contribution in [0.3, 0.4) is 0 Å². The van der Waals surface area contributed by atoms with Gasteiger partial charge in [0.2, 0.25) is 0 Å². The molecule has 0 N–H and O–H groups in total. The molecule has 1 fully saturated rings. The van der Waals surface area contributed by atoms with Crippen LogP contribution in [0.25, 0.3) is 0 Å². The van der Waals surface area contributed by atoms with E-state index >= 15 is 0 Å². The van der Waals surface area contributed by atoms with E-state index in [4.69, 9.17) is 0 Å². The van der Waals surface area contributed by atoms with E-state index in [9.17, 15) is 4.79 Å². The Hall–Kier alpha value is -2.09. The maximum Gasteiger partial charge on any atom is 0.253 e. The van der Waals surface area contributed by atoms with Crippen LogP contribution < -0.4 is 0 Å². The van der Waals surface area contributed by atoms with Crippen LogP contribution in [-0.4, -0.2) is 23.9 Å². The van der Waals surface area contributed by atoms with Gasteiger partial charge in [0.15, 0.2) is 0 Å². The maximum atomic E-state index is 12.8. The van der Waals surface area contributed by atoms with Gasteiger partial charge in [-0.2, -0.15) is 0 Å². The first-order valence-electron chi connectivity index (χ1n) is 9.24. The standard InChI is InChI=1S/C22H25NO/c24-22(21-10-9-19-7-4-8-20(19)16-21)23-13-11-18(12-14-23)15-17-5-2-1-3-6-17/h1-3,5-6,9-10,16,18H,4,7-8,11-15H2. The van der Waals surface area contributed by atoms with Gasteiger partial charge in [-0.3, -0.25) is 4.79 Å². The van der Waals surface area contributed by atoms with E-state index in [1.807, 2.05) is 6.07 Å². The van der Waals surface area contributed by atoms with Gasteiger partial charge in [0.25, 0.3) is 5.91 Å². The quantitative estimate of drug-likeness (QED) is 0.827. The Kier molecular flexibility index (Phi) is 4.38. The highest BCUT2D eigenvalue weighted by Crippen LogP contribution is 2.26. The molecule has 2 aromatic rings. The second kappa shape index (κ2) is 6.80. The number of fused-ring (bicyclic) bond motifs is 1. The molecule has 2 heteroatoms. The number of piperidine rings is 1. The van der Waals surface area contributed by atoms with Gasteiger partial charge in [-0.25, -0.2) is 0 Å². The molecule has 4 rings (SSSR count). The van der Waals surface area contributed by atoms with Crippen molar-refractivity contribution in [2.45, 2.75) is 38.5 Å². The first-order chi connectivity index (χ1) is 11.8. The van der Waals surface area contributed by atoms with E-state index in [0.717, 1.165) is 44.3 Å². The summed E-state index contributed by atoms with van der Waals surface area (Å²) in [5.74, 6) is 0.930. The lowest BCUT2D eigenvalue weighted by molar-refractivity contribution is 0.0690. The monoisotopic (exact) mass is 319 g/mol. The fraction of sp³-hybridized carbons (Fsp3) is 0.409. The number of likely N-dealkylation sites (tertiary alicyclic amines) is 1. The fourth-order valence-electron chi connectivity index (χ4n) is 4.18. The predicted molar refractivity (Wildman–Crippen MR) is 97.2 cm³/mol. The zero-order valence-electron chi connectivity index (χ0n) is 14.2. The van der Waals surface area contributed by atoms with Crippen molar-refractivity contribution in [2.24, 2.45) is 5.92 Å². The number of carbonyl (C=O) groups excluding carboxylic acids is 1. The summed E-state index contributed by atoms with van der Waals surface area (Å²) in [6.45, 7) is 1.79. The van der Waals surface area contributed by atoms with Crippen molar-refractivity contribution in [3.05, 3.63) is 70.8 Å². The van der Waals surface area contributed by atoms with Gasteiger partial charge in [-0.05, 0) is 73.3 Å². The lowest BCUT2D eigenvalue weighted by Crippen LogP contribution is -2.38. The van der Waals surface area contributed by atoms with E-state index in [2.05, 4.69) is 47.4 Å². The summed E-state index contributed by atoms with van der Waals surface area (Å²) in [4.78, 5) is 14.8. The molecular formula is C22H25NO. The smallest absolute Gasteiger partial charge is 0.253 e. The summed E-state index contributed by atoms with van der Waals surface area (Å²) in [5, 5.41) is 0. The van der Waals surface area contributed by atoms with Crippen LogP contribution in [0.1, 0.15) is 46.3 Å². The normalized spacial score (nSPS) is 17.8. The molecule has 0 aromatic heterocycles. The topological polar surface area (TPSA) is 20.3 Å². The van der Waals surface area contributed by atoms with Crippen molar-refractivity contribution in [3.8, 4) is 0 Å². The third kappa shape index (κ3) is 3.24. The molecule has 1 amide bonds. The van der Waals surface area contributed by atoms with Crippen LogP contribution in [0.2, 0.25) is 0 Å². The molecule has 0 atom stereocenters. The molecule has 2 aromatic carbocycles. The number of hydrogen-bond acceptors (Lipinski definition) is 1. The van der Waals surface area contributed by atoms with Gasteiger partial charge >= 0.3 is 0 Å². The average molecular weight is 319 g/mol. The van der Waals surface area contributed by atoms with Gasteiger partial charge in [0, 0.05) is 18.7 Å². The van der Waals surface area contributed by atoms with Crippen LogP contribution in [0.5, 0.6) is 0 Å². The van der Waals surface area contributed by atoms with Crippen molar-refractivity contribution in [1.29, 1.82) is 0 Å². The zero-order valence-corrected chi connectivity index (χ0v) is 14.2. The van der Waals surface area contributed by atoms with Gasteiger partial charge in [0.1, 0.15) is 0 Å². The second-order valence-corrected chi connectivity index (χ2v) is 7.26. The number of aryl methyl sites for hydroxylation is 2. The summed E-state index contributed by atoms with van der Waals surface area (Å²) >= 11 is 0. The number of carbonyl (C=O) groups is 1. The SMILES string of the molecule is O=C(c1ccc2c(c1)CCC2)N1CCC(Cc2ccccc2)CC1. The molecule has 0 bridgehead atoms. The molecule has 1 aliphatic heterocycles. The van der Waals surface area contributed by atoms with Crippen molar-refractivity contribution >= 4 is 5.91 Å². The fourth-order valence-corrected chi connectivity index (χ4v) is 4.18. The molecule has 124 valence electrons. The van der Waals surface area contributed by atoms with E-state index in [-0.39, 0.29) is 5.91 Å². The predicted octanol–water partition coefficient (Wildman–Crippen LogP) is 4.27. The third-order valence-corrected chi connectivity index (χ3v) is 5.61. The van der Waals surface area contributed by atoms with Crippen LogP contribution in [0, 0.1) is 5.92 Å². The Bertz CT molecular complexity index is 714. The van der Waals surface area contributed by atoms with E-state index in [1.54, 1.807) is 0 Å². The lowest BCUT2D eigenvalue weighted by Gasteiger charge is -2.32. The first-order valence-corrected chi connectivity index (χ1v) is 9.24. The number of hydrogen-bond donors (Lipinski definition) is 0. The molecule has 2 nitrogen and oxygen atoms in total. The largest absolute Gasteiger partial charge is 0.339 e. The summed E-state index contributed by atoms with van der Waals surface area (Å²) in [6.07, 6.45) is 6.92. The molecule has 0 saturated carbocycles. The minimum atomic E-state index is 0.225. The average Bonchev–Trinajstić information content (AvgIpc) is 3.10. The summed E-state index contributed by atoms with van der Waals surface area (Å²) in [6, 6.07) is 17.1. The highest BCUT2D eigenvalue weighted by atomic mass is 16.2. The highest BCUT2D eigenvalue weighted by Gasteiger charge is 2.24. The minimum Gasteiger partial charge on any atom is -0.339 e. The number of rotatable bonds is 3. The molecule has 0 radical (unpaired) electrons. The Balaban J connectivity index is 1.36. The number of benzene rings is 2. The molecule has 24 heavy (non-hydrogen) atoms. The molecule has 2 aliphatic rings. The maximum absolute atomic E-state index is 12.8. The van der Waals surface area contributed by atoms with Crippen molar-refractivity contribution < 1.29 is 4.79 Å². The van der Waals surface area contributed by atoms with Crippen molar-refractivity contribution in [1.82, 2.24) is 4.90 Å². The Morgan fingerprint density at radius 3 is 2.50 bits per heavy atom. The minimum absolute atomic E-state index is 0.225. The molecule has 1 saturated heterocycles. The van der Waals surface area contributed by atoms with E-state index < -0.39 is 0 Å². The third-order valence-electron chi connectivity index (χ3n) is 5.61. The second-order valence-electron chi connectivity index (χ2n) is 7.26. The first kappa shape index (κ1) is 15.4. The van der Waals surface area contributed by atoms with Gasteiger partial charge in [0.05, 0.1) is 0 Å². The Morgan fingerprint density at radius 1 is 0.958 bits per heavy atom. The Morgan fingerprint density at radius 2 is 1.71 bits per heavy atom. The highest BCUT2D eigenvalue weighted by molar-refractivity contribution is 5.94. The summed E-state index contributed by atoms with van der Waals surface area (Å²) in [5.41, 5.74) is 5.13. The Labute approximate surface area is 144 Å². The van der Waals surface area contributed by atoms with Gasteiger partial charge in [-0.1, -0.05) is 36.4 Å². The molecule has 0 spiro atoms. The summed E-state index contributed by atoms with van der Waals surface area (Å²) < 4.78 is 0. The molecular weight excluding hydrogens is 294 g/mol. The van der Waals surface area contributed by atoms with Gasteiger partial charge in [-0.15, -0.1) is 0 Å². The number of amides is 1. The van der Waals surface area contributed by atoms with Crippen LogP contribution in [-0.2, 0) is 19.3 Å². The number of nitrogens with zero attached hydrogens (tertiary/aromatic N) is 1. The zero-order chi connectivity index (χ0) is 16.4. The van der Waals surface area contributed by atoms with E-state index in [0.29, 0.717) is 5.92 Å². The molecule has 0 unspecified atom stereocenters. The molecule has 1 heterocycles. The van der Waals surface area contributed by atoms with Crippen LogP contribution in [0.15, 0.2) is 48.5 Å². The van der Waals surface area contributed by atoms with Crippen LogP contribution in [0.4, 0.5) is 0 Å².